The first-order chi connectivity index (χ1) is 24.6. The van der Waals surface area contributed by atoms with Crippen molar-refractivity contribution in [2.75, 3.05) is 58.3 Å². The van der Waals surface area contributed by atoms with Gasteiger partial charge in [-0.2, -0.15) is 4.89 Å². The zero-order valence-corrected chi connectivity index (χ0v) is 29.9. The Morgan fingerprint density at radius 2 is 1.15 bits per heavy atom. The predicted octanol–water partition coefficient (Wildman–Crippen LogP) is 4.06. The lowest BCUT2D eigenvalue weighted by atomic mass is 10.1. The van der Waals surface area contributed by atoms with Gasteiger partial charge in [0.1, 0.15) is 5.60 Å². The van der Waals surface area contributed by atoms with Crippen molar-refractivity contribution in [2.24, 2.45) is 0 Å². The number of nitrogens with zero attached hydrogens (tertiary/aromatic N) is 2. The number of benzene rings is 2. The van der Waals surface area contributed by atoms with Gasteiger partial charge in [0.05, 0.1) is 69.1 Å². The predicted molar refractivity (Wildman–Crippen MR) is 186 cm³/mol. The maximum Gasteiger partial charge on any atom is 0.443 e. The third-order valence-electron chi connectivity index (χ3n) is 7.98. The summed E-state index contributed by atoms with van der Waals surface area (Å²) in [6.45, 7) is 12.7. The quantitative estimate of drug-likeness (QED) is 0.139. The highest BCUT2D eigenvalue weighted by molar-refractivity contribution is 6.05. The highest BCUT2D eigenvalue weighted by atomic mass is 17.2. The molecule has 2 saturated heterocycles. The molecule has 2 aliphatic rings. The maximum atomic E-state index is 13.8. The molecule has 52 heavy (non-hydrogen) atoms. The zero-order valence-electron chi connectivity index (χ0n) is 29.9. The summed E-state index contributed by atoms with van der Waals surface area (Å²) in [5.41, 5.74) is 0.452. The Morgan fingerprint density at radius 1 is 0.731 bits per heavy atom. The van der Waals surface area contributed by atoms with E-state index in [1.807, 2.05) is 0 Å². The molecule has 2 atom stereocenters. The van der Waals surface area contributed by atoms with Crippen molar-refractivity contribution in [3.8, 4) is 23.0 Å². The Bertz CT molecular complexity index is 1720. The van der Waals surface area contributed by atoms with Crippen LogP contribution in [0.2, 0.25) is 0 Å². The molecule has 0 spiro atoms. The van der Waals surface area contributed by atoms with Crippen LogP contribution in [0.15, 0.2) is 48.6 Å². The lowest BCUT2D eigenvalue weighted by molar-refractivity contribution is -0.208. The maximum absolute atomic E-state index is 13.8. The summed E-state index contributed by atoms with van der Waals surface area (Å²) >= 11 is 0. The van der Waals surface area contributed by atoms with E-state index in [1.54, 1.807) is 20.8 Å². The number of likely N-dealkylation sites (tertiary alicyclic amines) is 2. The van der Waals surface area contributed by atoms with E-state index in [0.29, 0.717) is 12.8 Å². The monoisotopic (exact) mass is 728 g/mol. The fourth-order valence-electron chi connectivity index (χ4n) is 5.71. The van der Waals surface area contributed by atoms with Gasteiger partial charge in [-0.15, -0.1) is 0 Å². The molecule has 17 nitrogen and oxygen atoms in total. The van der Waals surface area contributed by atoms with Crippen molar-refractivity contribution < 1.29 is 63.2 Å². The summed E-state index contributed by atoms with van der Waals surface area (Å²) in [6.07, 6.45) is -1.13. The van der Waals surface area contributed by atoms with E-state index >= 15 is 0 Å². The van der Waals surface area contributed by atoms with Crippen LogP contribution in [-0.2, 0) is 14.5 Å². The summed E-state index contributed by atoms with van der Waals surface area (Å²) < 4.78 is 16.4. The number of hydrogen-bond acceptors (Lipinski definition) is 13. The molecular formula is C35H44N4O13. The number of carbonyl (C=O) groups is 4. The van der Waals surface area contributed by atoms with Gasteiger partial charge in [0.15, 0.2) is 11.5 Å². The molecule has 2 aliphatic heterocycles. The molecule has 0 radical (unpaired) electrons. The number of hydrogen-bond donors (Lipinski definition) is 4. The normalized spacial score (nSPS) is 17.1. The first-order valence-electron chi connectivity index (χ1n) is 16.1. The molecular weight excluding hydrogens is 684 g/mol. The van der Waals surface area contributed by atoms with Crippen LogP contribution >= 0.6 is 0 Å². The summed E-state index contributed by atoms with van der Waals surface area (Å²) in [5.74, 6) is -1.34. The van der Waals surface area contributed by atoms with Crippen LogP contribution in [0.3, 0.4) is 0 Å². The molecule has 282 valence electrons. The Hall–Kier alpha value is -5.52. The molecule has 2 heterocycles. The van der Waals surface area contributed by atoms with Gasteiger partial charge in [0.2, 0.25) is 11.5 Å². The highest BCUT2D eigenvalue weighted by Crippen LogP contribution is 2.39. The number of rotatable bonds is 12. The van der Waals surface area contributed by atoms with E-state index in [1.165, 1.54) is 48.3 Å². The second-order valence-corrected chi connectivity index (χ2v) is 13.0. The molecule has 2 aromatic rings. The SMILES string of the molecule is C=C1C[C@@H](CO)N(C(=O)c2cc(OC)c(OOc3cc(NC(=O)OC(C)(C)C)c(C(=O)N4CC(=C)C[C@H]4CO)cc3OC)cc2NC(=O)OOC)C1. The summed E-state index contributed by atoms with van der Waals surface area (Å²) in [7, 11) is 3.75. The number of ether oxygens (including phenoxy) is 3. The molecule has 17 heteroatoms. The van der Waals surface area contributed by atoms with Gasteiger partial charge in [0, 0.05) is 25.2 Å². The second kappa shape index (κ2) is 16.7. The molecule has 0 unspecified atom stereocenters. The summed E-state index contributed by atoms with van der Waals surface area (Å²) in [6, 6.07) is 4.09. The van der Waals surface area contributed by atoms with Gasteiger partial charge >= 0.3 is 12.2 Å². The van der Waals surface area contributed by atoms with Crippen LogP contribution < -0.4 is 29.9 Å². The van der Waals surface area contributed by atoms with Gasteiger partial charge in [-0.05, 0) is 45.7 Å². The fraction of sp³-hybridized carbons (Fsp3) is 0.429. The molecule has 0 aliphatic carbocycles. The molecule has 0 bridgehead atoms. The smallest absolute Gasteiger partial charge is 0.443 e. The minimum atomic E-state index is -1.07. The standard InChI is InChI=1S/C35H44N4O13/c1-19-9-21(17-40)38(15-19)31(42)23-11-27(46-6)29(13-25(23)36-33(44)49-35(3,4)5)50-51-30-14-26(37-34(45)52-48-8)24(12-28(30)47-7)32(43)39-16-20(2)10-22(39)18-41/h11-14,21-22,40-41H,1-2,9-10,15-18H2,3-8H3,(H,36,44)(H,37,45)/t21-,22-/m0/s1. The van der Waals surface area contributed by atoms with Crippen molar-refractivity contribution in [1.29, 1.82) is 0 Å². The summed E-state index contributed by atoms with van der Waals surface area (Å²) in [5, 5.41) is 24.8. The number of amides is 4. The van der Waals surface area contributed by atoms with Crippen molar-refractivity contribution in [3.05, 3.63) is 59.7 Å². The van der Waals surface area contributed by atoms with Crippen molar-refractivity contribution in [1.82, 2.24) is 9.80 Å². The van der Waals surface area contributed by atoms with Crippen LogP contribution in [0, 0.1) is 0 Å². The molecule has 4 rings (SSSR count). The van der Waals surface area contributed by atoms with Crippen molar-refractivity contribution in [2.45, 2.75) is 51.3 Å². The van der Waals surface area contributed by atoms with Crippen LogP contribution in [0.25, 0.3) is 0 Å². The number of anilines is 2. The average molecular weight is 729 g/mol. The Balaban J connectivity index is 1.74. The Kier molecular flexibility index (Phi) is 12.6. The van der Waals surface area contributed by atoms with Gasteiger partial charge in [-0.25, -0.2) is 9.59 Å². The van der Waals surface area contributed by atoms with E-state index in [4.69, 9.17) is 24.0 Å². The van der Waals surface area contributed by atoms with Crippen molar-refractivity contribution in [3.63, 3.8) is 0 Å². The van der Waals surface area contributed by atoms with Gasteiger partial charge in [-0.3, -0.25) is 34.9 Å². The molecule has 4 N–H and O–H groups in total. The Morgan fingerprint density at radius 3 is 1.52 bits per heavy atom. The highest BCUT2D eigenvalue weighted by Gasteiger charge is 2.35. The minimum absolute atomic E-state index is 0.00225. The number of aliphatic hydroxyl groups excluding tert-OH is 2. The fourth-order valence-corrected chi connectivity index (χ4v) is 5.71. The van der Waals surface area contributed by atoms with E-state index in [0.717, 1.165) is 18.3 Å². The number of carbonyl (C=O) groups excluding carboxylic acids is 4. The molecule has 2 aromatic carbocycles. The number of nitrogens with one attached hydrogen (secondary N) is 2. The summed E-state index contributed by atoms with van der Waals surface area (Å²) in [4.78, 5) is 76.0. The molecule has 0 aromatic heterocycles. The lowest BCUT2D eigenvalue weighted by Gasteiger charge is -2.25. The van der Waals surface area contributed by atoms with Gasteiger partial charge in [-0.1, -0.05) is 24.3 Å². The van der Waals surface area contributed by atoms with Gasteiger partial charge in [0.25, 0.3) is 11.8 Å². The second-order valence-electron chi connectivity index (χ2n) is 13.0. The van der Waals surface area contributed by atoms with Crippen LogP contribution in [-0.4, -0.2) is 109 Å². The van der Waals surface area contributed by atoms with E-state index in [9.17, 15) is 29.4 Å². The first kappa shape index (κ1) is 39.3. The topological polar surface area (TPSA) is 204 Å². The van der Waals surface area contributed by atoms with Crippen molar-refractivity contribution >= 4 is 35.4 Å². The van der Waals surface area contributed by atoms with E-state index in [2.05, 4.69) is 33.6 Å². The lowest BCUT2D eigenvalue weighted by Crippen LogP contribution is -2.38. The molecule has 4 amide bonds. The Labute approximate surface area is 300 Å². The van der Waals surface area contributed by atoms with E-state index in [-0.39, 0.29) is 71.8 Å². The van der Waals surface area contributed by atoms with Crippen LogP contribution in [0.4, 0.5) is 21.0 Å². The zero-order chi connectivity index (χ0) is 38.3. The largest absolute Gasteiger partial charge is 0.493 e. The van der Waals surface area contributed by atoms with Gasteiger partial charge < -0.3 is 34.2 Å². The minimum Gasteiger partial charge on any atom is -0.493 e. The first-order valence-corrected chi connectivity index (χ1v) is 16.1. The molecule has 2 fully saturated rings. The number of aliphatic hydroxyl groups is 2. The van der Waals surface area contributed by atoms with E-state index < -0.39 is 41.7 Å². The van der Waals surface area contributed by atoms with Crippen LogP contribution in [0.5, 0.6) is 23.0 Å². The third-order valence-corrected chi connectivity index (χ3v) is 7.98. The molecule has 0 saturated carbocycles. The number of methoxy groups -OCH3 is 2. The van der Waals surface area contributed by atoms with Crippen LogP contribution in [0.1, 0.15) is 54.3 Å². The average Bonchev–Trinajstić information content (AvgIpc) is 3.67. The third kappa shape index (κ3) is 9.22.